The SMILES string of the molecule is CCCCCCCCCCCC=Cc1c(O)c(OC)cc(O)c1-c1c(O)cc(O)cc1C(C)CCCCCCCCCCCCC. The molecule has 0 aromatic heterocycles. The summed E-state index contributed by atoms with van der Waals surface area (Å²) in [5.41, 5.74) is 1.99. The fraction of sp³-hybridized carbons (Fsp3) is 0.659. The van der Waals surface area contributed by atoms with Gasteiger partial charge in [0.1, 0.15) is 17.2 Å². The maximum Gasteiger partial charge on any atom is 0.165 e. The Morgan fingerprint density at radius 1 is 0.609 bits per heavy atom. The highest BCUT2D eigenvalue weighted by Gasteiger charge is 2.25. The van der Waals surface area contributed by atoms with E-state index in [2.05, 4.69) is 20.8 Å². The predicted molar refractivity (Wildman–Crippen MR) is 195 cm³/mol. The number of methoxy groups -OCH3 is 1. The second-order valence-corrected chi connectivity index (χ2v) is 13.4. The summed E-state index contributed by atoms with van der Waals surface area (Å²) in [5.74, 6) is -0.0701. The average molecular weight is 639 g/mol. The lowest BCUT2D eigenvalue weighted by Gasteiger charge is -2.22. The van der Waals surface area contributed by atoms with Crippen molar-refractivity contribution in [1.29, 1.82) is 0 Å². The van der Waals surface area contributed by atoms with Crippen LogP contribution in [0, 0.1) is 0 Å². The molecule has 0 saturated carbocycles. The highest BCUT2D eigenvalue weighted by molar-refractivity contribution is 5.90. The van der Waals surface area contributed by atoms with Crippen LogP contribution in [0.2, 0.25) is 0 Å². The zero-order chi connectivity index (χ0) is 33.6. The Kier molecular flexibility index (Phi) is 20.1. The fourth-order valence-electron chi connectivity index (χ4n) is 6.57. The summed E-state index contributed by atoms with van der Waals surface area (Å²) in [6, 6.07) is 4.39. The molecular formula is C41H66O5. The number of unbranched alkanes of at least 4 members (excludes halogenated alkanes) is 19. The van der Waals surface area contributed by atoms with E-state index in [1.807, 2.05) is 12.2 Å². The molecule has 0 spiro atoms. The van der Waals surface area contributed by atoms with Gasteiger partial charge < -0.3 is 25.2 Å². The lowest BCUT2D eigenvalue weighted by molar-refractivity contribution is 0.368. The highest BCUT2D eigenvalue weighted by Crippen LogP contribution is 2.50. The van der Waals surface area contributed by atoms with Crippen molar-refractivity contribution in [2.24, 2.45) is 0 Å². The third-order valence-corrected chi connectivity index (χ3v) is 9.41. The Labute approximate surface area is 281 Å². The van der Waals surface area contributed by atoms with E-state index in [0.717, 1.165) is 37.7 Å². The first kappa shape index (κ1) is 39.4. The molecule has 0 bridgehead atoms. The Morgan fingerprint density at radius 3 is 1.61 bits per heavy atom. The van der Waals surface area contributed by atoms with Crippen LogP contribution in [-0.4, -0.2) is 27.5 Å². The summed E-state index contributed by atoms with van der Waals surface area (Å²) >= 11 is 0. The summed E-state index contributed by atoms with van der Waals surface area (Å²) in [7, 11) is 1.46. The van der Waals surface area contributed by atoms with Gasteiger partial charge in [-0.05, 0) is 36.8 Å². The van der Waals surface area contributed by atoms with Crippen LogP contribution in [0.15, 0.2) is 24.3 Å². The molecule has 2 rings (SSSR count). The van der Waals surface area contributed by atoms with Crippen LogP contribution >= 0.6 is 0 Å². The molecule has 1 unspecified atom stereocenters. The van der Waals surface area contributed by atoms with Crippen LogP contribution < -0.4 is 4.74 Å². The monoisotopic (exact) mass is 638 g/mol. The molecule has 5 heteroatoms. The zero-order valence-electron chi connectivity index (χ0n) is 29.7. The van der Waals surface area contributed by atoms with Crippen molar-refractivity contribution in [3.8, 4) is 39.9 Å². The van der Waals surface area contributed by atoms with E-state index in [1.165, 1.54) is 128 Å². The number of benzene rings is 2. The van der Waals surface area contributed by atoms with Gasteiger partial charge in [-0.2, -0.15) is 0 Å². The van der Waals surface area contributed by atoms with Gasteiger partial charge in [-0.25, -0.2) is 0 Å². The van der Waals surface area contributed by atoms with Gasteiger partial charge in [0.25, 0.3) is 0 Å². The molecule has 1 atom stereocenters. The highest BCUT2D eigenvalue weighted by atomic mass is 16.5. The van der Waals surface area contributed by atoms with Gasteiger partial charge >= 0.3 is 0 Å². The molecule has 0 heterocycles. The van der Waals surface area contributed by atoms with E-state index in [9.17, 15) is 20.4 Å². The fourth-order valence-corrected chi connectivity index (χ4v) is 6.57. The van der Waals surface area contributed by atoms with Crippen LogP contribution in [0.5, 0.6) is 28.7 Å². The van der Waals surface area contributed by atoms with E-state index in [1.54, 1.807) is 6.07 Å². The van der Waals surface area contributed by atoms with Crippen molar-refractivity contribution in [2.45, 2.75) is 168 Å². The largest absolute Gasteiger partial charge is 0.508 e. The molecule has 2 aromatic rings. The van der Waals surface area contributed by atoms with Gasteiger partial charge in [-0.3, -0.25) is 0 Å². The van der Waals surface area contributed by atoms with Crippen LogP contribution in [-0.2, 0) is 0 Å². The Morgan fingerprint density at radius 2 is 1.09 bits per heavy atom. The van der Waals surface area contributed by atoms with Gasteiger partial charge in [0.05, 0.1) is 7.11 Å². The quantitative estimate of drug-likeness (QED) is 0.0608. The molecular weight excluding hydrogens is 572 g/mol. The van der Waals surface area contributed by atoms with E-state index in [-0.39, 0.29) is 34.7 Å². The third kappa shape index (κ3) is 13.9. The average Bonchev–Trinajstić information content (AvgIpc) is 3.03. The summed E-state index contributed by atoms with van der Waals surface area (Å²) in [5, 5.41) is 44.0. The van der Waals surface area contributed by atoms with Gasteiger partial charge in [0.2, 0.25) is 0 Å². The minimum absolute atomic E-state index is 0.0123. The number of allylic oxidation sites excluding steroid dienone is 1. The molecule has 260 valence electrons. The first-order chi connectivity index (χ1) is 22.3. The number of phenols is 4. The number of rotatable bonds is 26. The van der Waals surface area contributed by atoms with Crippen molar-refractivity contribution in [1.82, 2.24) is 0 Å². The first-order valence-corrected chi connectivity index (χ1v) is 18.7. The van der Waals surface area contributed by atoms with Crippen molar-refractivity contribution in [2.75, 3.05) is 7.11 Å². The molecule has 0 fully saturated rings. The van der Waals surface area contributed by atoms with Crippen molar-refractivity contribution >= 4 is 6.08 Å². The number of hydrogen-bond acceptors (Lipinski definition) is 5. The summed E-state index contributed by atoms with van der Waals surface area (Å²) in [6.07, 6.45) is 31.0. The number of phenolic OH excluding ortho intramolecular Hbond substituents is 4. The Bertz CT molecular complexity index is 1140. The number of ether oxygens (including phenoxy) is 1. The summed E-state index contributed by atoms with van der Waals surface area (Å²) in [6.45, 7) is 6.61. The van der Waals surface area contributed by atoms with Crippen molar-refractivity contribution in [3.63, 3.8) is 0 Å². The van der Waals surface area contributed by atoms with Crippen LogP contribution in [0.3, 0.4) is 0 Å². The number of hydrogen-bond donors (Lipinski definition) is 4. The van der Waals surface area contributed by atoms with Crippen LogP contribution in [0.25, 0.3) is 17.2 Å². The van der Waals surface area contributed by atoms with Gasteiger partial charge in [-0.1, -0.05) is 155 Å². The maximum atomic E-state index is 11.2. The lowest BCUT2D eigenvalue weighted by Crippen LogP contribution is -2.00. The van der Waals surface area contributed by atoms with E-state index in [0.29, 0.717) is 16.7 Å². The molecule has 0 radical (unpaired) electrons. The second kappa shape index (κ2) is 23.5. The van der Waals surface area contributed by atoms with Crippen molar-refractivity contribution in [3.05, 3.63) is 35.4 Å². The minimum Gasteiger partial charge on any atom is -0.508 e. The summed E-state index contributed by atoms with van der Waals surface area (Å²) in [4.78, 5) is 0. The normalized spacial score (nSPS) is 12.3. The van der Waals surface area contributed by atoms with E-state index in [4.69, 9.17) is 4.74 Å². The Hall–Kier alpha value is -2.82. The Balaban J connectivity index is 2.09. The molecule has 0 aliphatic heterocycles. The van der Waals surface area contributed by atoms with Crippen molar-refractivity contribution < 1.29 is 25.2 Å². The molecule has 0 aliphatic rings. The van der Waals surface area contributed by atoms with Gasteiger partial charge in [0.15, 0.2) is 11.5 Å². The van der Waals surface area contributed by atoms with E-state index >= 15 is 0 Å². The molecule has 0 amide bonds. The van der Waals surface area contributed by atoms with Gasteiger partial charge in [-0.15, -0.1) is 0 Å². The predicted octanol–water partition coefficient (Wildman–Crippen LogP) is 12.9. The summed E-state index contributed by atoms with van der Waals surface area (Å²) < 4.78 is 5.37. The molecule has 4 N–H and O–H groups in total. The zero-order valence-corrected chi connectivity index (χ0v) is 29.7. The molecule has 0 saturated heterocycles. The van der Waals surface area contributed by atoms with E-state index < -0.39 is 0 Å². The lowest BCUT2D eigenvalue weighted by atomic mass is 9.85. The third-order valence-electron chi connectivity index (χ3n) is 9.41. The van der Waals surface area contributed by atoms with Crippen LogP contribution in [0.1, 0.15) is 179 Å². The standard InChI is InChI=1S/C41H66O5/c1-5-7-9-11-13-15-17-19-21-23-25-27-32(3)35-29-33(42)30-36(43)40(35)39-34(41(45)38(46-4)31-37(39)44)28-26-24-22-20-18-16-14-12-10-8-6-2/h26,28-32,42-45H,5-25,27H2,1-4H3. The molecule has 5 nitrogen and oxygen atoms in total. The molecule has 46 heavy (non-hydrogen) atoms. The topological polar surface area (TPSA) is 90.2 Å². The van der Waals surface area contributed by atoms with Crippen LogP contribution in [0.4, 0.5) is 0 Å². The number of aromatic hydroxyl groups is 4. The second-order valence-electron chi connectivity index (χ2n) is 13.4. The molecule has 2 aromatic carbocycles. The maximum absolute atomic E-state index is 11.2. The first-order valence-electron chi connectivity index (χ1n) is 18.7. The smallest absolute Gasteiger partial charge is 0.165 e. The molecule has 0 aliphatic carbocycles. The minimum atomic E-state index is -0.116. The van der Waals surface area contributed by atoms with Gasteiger partial charge in [0, 0.05) is 28.8 Å².